The third kappa shape index (κ3) is 1.18. The van der Waals surface area contributed by atoms with E-state index in [0.717, 1.165) is 11.5 Å². The van der Waals surface area contributed by atoms with Crippen molar-refractivity contribution < 1.29 is 4.42 Å². The van der Waals surface area contributed by atoms with E-state index in [1.807, 2.05) is 18.2 Å². The molecular formula is C9H5N3O2S. The highest BCUT2D eigenvalue weighted by atomic mass is 32.1. The molecule has 3 aromatic rings. The number of para-hydroxylation sites is 2. The van der Waals surface area contributed by atoms with Crippen LogP contribution in [-0.4, -0.2) is 13.9 Å². The Morgan fingerprint density at radius 1 is 1.33 bits per heavy atom. The molecule has 2 aromatic heterocycles. The van der Waals surface area contributed by atoms with Gasteiger partial charge in [-0.1, -0.05) is 12.1 Å². The quantitative estimate of drug-likeness (QED) is 0.621. The van der Waals surface area contributed by atoms with Crippen LogP contribution >= 0.6 is 11.5 Å². The summed E-state index contributed by atoms with van der Waals surface area (Å²) in [6.07, 6.45) is 1.41. The van der Waals surface area contributed by atoms with Crippen LogP contribution in [0.2, 0.25) is 0 Å². The first-order valence-corrected chi connectivity index (χ1v) is 5.01. The van der Waals surface area contributed by atoms with Crippen LogP contribution in [0.3, 0.4) is 0 Å². The molecule has 0 spiro atoms. The predicted molar refractivity (Wildman–Crippen MR) is 55.3 cm³/mol. The summed E-state index contributed by atoms with van der Waals surface area (Å²) in [5, 5.41) is 0.518. The van der Waals surface area contributed by atoms with E-state index in [1.54, 1.807) is 6.07 Å². The van der Waals surface area contributed by atoms with Crippen LogP contribution in [0.4, 0.5) is 0 Å². The van der Waals surface area contributed by atoms with Gasteiger partial charge < -0.3 is 4.42 Å². The van der Waals surface area contributed by atoms with Gasteiger partial charge in [-0.15, -0.1) is 0 Å². The van der Waals surface area contributed by atoms with E-state index in [2.05, 4.69) is 9.36 Å². The molecule has 0 fully saturated rings. The molecule has 1 aromatic carbocycles. The van der Waals surface area contributed by atoms with Gasteiger partial charge in [0, 0.05) is 11.5 Å². The number of hydrogen-bond donors (Lipinski definition) is 0. The van der Waals surface area contributed by atoms with Crippen molar-refractivity contribution in [2.24, 2.45) is 0 Å². The van der Waals surface area contributed by atoms with Crippen LogP contribution in [0, 0.1) is 0 Å². The topological polar surface area (TPSA) is 60.9 Å². The molecule has 0 atom stereocenters. The van der Waals surface area contributed by atoms with E-state index in [9.17, 15) is 4.79 Å². The van der Waals surface area contributed by atoms with E-state index in [-0.39, 0.29) is 0 Å². The molecular weight excluding hydrogens is 214 g/mol. The van der Waals surface area contributed by atoms with Gasteiger partial charge in [0.25, 0.3) is 0 Å². The molecule has 0 aliphatic carbocycles. The van der Waals surface area contributed by atoms with Gasteiger partial charge in [0.2, 0.25) is 5.13 Å². The summed E-state index contributed by atoms with van der Waals surface area (Å²) in [6.45, 7) is 0. The molecule has 0 amide bonds. The van der Waals surface area contributed by atoms with Crippen LogP contribution in [0.25, 0.3) is 16.2 Å². The van der Waals surface area contributed by atoms with E-state index < -0.39 is 5.76 Å². The van der Waals surface area contributed by atoms with Gasteiger partial charge in [-0.05, 0) is 12.1 Å². The predicted octanol–water partition coefficient (Wildman–Crippen LogP) is 1.44. The third-order valence-electron chi connectivity index (χ3n) is 2.03. The van der Waals surface area contributed by atoms with Gasteiger partial charge in [0.15, 0.2) is 5.58 Å². The highest BCUT2D eigenvalue weighted by Gasteiger charge is 2.12. The number of hydrogen-bond acceptors (Lipinski definition) is 5. The minimum Gasteiger partial charge on any atom is -0.407 e. The van der Waals surface area contributed by atoms with E-state index in [4.69, 9.17) is 4.42 Å². The lowest BCUT2D eigenvalue weighted by atomic mass is 10.3. The van der Waals surface area contributed by atoms with Crippen molar-refractivity contribution in [3.63, 3.8) is 0 Å². The number of oxazole rings is 1. The first-order chi connectivity index (χ1) is 7.36. The first kappa shape index (κ1) is 8.37. The zero-order valence-electron chi connectivity index (χ0n) is 7.45. The molecule has 5 nitrogen and oxygen atoms in total. The summed E-state index contributed by atoms with van der Waals surface area (Å²) < 4.78 is 10.3. The fourth-order valence-corrected chi connectivity index (χ4v) is 1.95. The monoisotopic (exact) mass is 219 g/mol. The molecule has 3 rings (SSSR count). The highest BCUT2D eigenvalue weighted by Crippen LogP contribution is 2.16. The number of nitrogens with zero attached hydrogens (tertiary/aromatic N) is 3. The standard InChI is InChI=1S/C9H5N3O2S/c13-9-12(8-10-5-11-15-8)6-3-1-2-4-7(6)14-9/h1-5H. The Hall–Kier alpha value is -1.95. The lowest BCUT2D eigenvalue weighted by Gasteiger charge is -1.93. The average Bonchev–Trinajstić information content (AvgIpc) is 2.82. The van der Waals surface area contributed by atoms with Gasteiger partial charge in [-0.3, -0.25) is 0 Å². The molecule has 0 aliphatic heterocycles. The van der Waals surface area contributed by atoms with Crippen LogP contribution in [0.15, 0.2) is 39.8 Å². The van der Waals surface area contributed by atoms with Crippen molar-refractivity contribution in [1.82, 2.24) is 13.9 Å². The van der Waals surface area contributed by atoms with Gasteiger partial charge in [-0.2, -0.15) is 4.37 Å². The normalized spacial score (nSPS) is 10.9. The Morgan fingerprint density at radius 2 is 2.20 bits per heavy atom. The lowest BCUT2D eigenvalue weighted by molar-refractivity contribution is 0.540. The SMILES string of the molecule is O=c1oc2ccccc2n1-c1ncns1. The number of rotatable bonds is 1. The molecule has 0 unspecified atom stereocenters. The van der Waals surface area contributed by atoms with Crippen LogP contribution in [0.5, 0.6) is 0 Å². The smallest absolute Gasteiger partial charge is 0.407 e. The molecule has 0 aliphatic rings. The summed E-state index contributed by atoms with van der Waals surface area (Å²) in [4.78, 5) is 15.6. The van der Waals surface area contributed by atoms with E-state index in [1.165, 1.54) is 10.9 Å². The highest BCUT2D eigenvalue weighted by molar-refractivity contribution is 7.08. The van der Waals surface area contributed by atoms with Crippen molar-refractivity contribution in [3.05, 3.63) is 41.1 Å². The maximum atomic E-state index is 11.6. The Labute approximate surface area is 87.8 Å². The van der Waals surface area contributed by atoms with Crippen molar-refractivity contribution in [1.29, 1.82) is 0 Å². The average molecular weight is 219 g/mol. The fraction of sp³-hybridized carbons (Fsp3) is 0. The summed E-state index contributed by atoms with van der Waals surface area (Å²) in [5.74, 6) is -0.437. The summed E-state index contributed by atoms with van der Waals surface area (Å²) in [7, 11) is 0. The maximum absolute atomic E-state index is 11.6. The van der Waals surface area contributed by atoms with Crippen molar-refractivity contribution in [2.45, 2.75) is 0 Å². The van der Waals surface area contributed by atoms with Gasteiger partial charge in [0.1, 0.15) is 6.33 Å². The molecule has 0 N–H and O–H groups in total. The summed E-state index contributed by atoms with van der Waals surface area (Å²) in [6, 6.07) is 7.21. The molecule has 74 valence electrons. The zero-order chi connectivity index (χ0) is 10.3. The number of fused-ring (bicyclic) bond motifs is 1. The van der Waals surface area contributed by atoms with Gasteiger partial charge >= 0.3 is 5.76 Å². The zero-order valence-corrected chi connectivity index (χ0v) is 8.27. The van der Waals surface area contributed by atoms with Gasteiger partial charge in [0.05, 0.1) is 5.52 Å². The minimum atomic E-state index is -0.437. The number of benzene rings is 1. The minimum absolute atomic E-state index is 0.437. The molecule has 0 radical (unpaired) electrons. The summed E-state index contributed by atoms with van der Waals surface area (Å²) >= 11 is 1.15. The second-order valence-corrected chi connectivity index (χ2v) is 3.65. The molecule has 0 bridgehead atoms. The van der Waals surface area contributed by atoms with Crippen molar-refractivity contribution in [3.8, 4) is 5.13 Å². The van der Waals surface area contributed by atoms with Crippen LogP contribution in [-0.2, 0) is 0 Å². The largest absolute Gasteiger partial charge is 0.426 e. The lowest BCUT2D eigenvalue weighted by Crippen LogP contribution is -2.10. The van der Waals surface area contributed by atoms with E-state index in [0.29, 0.717) is 16.2 Å². The molecule has 0 saturated heterocycles. The van der Waals surface area contributed by atoms with Crippen LogP contribution < -0.4 is 5.76 Å². The molecule has 2 heterocycles. The Bertz CT molecular complexity index is 653. The second kappa shape index (κ2) is 3.03. The molecule has 15 heavy (non-hydrogen) atoms. The Balaban J connectivity index is 2.44. The van der Waals surface area contributed by atoms with E-state index >= 15 is 0 Å². The second-order valence-electron chi connectivity index (χ2n) is 2.89. The van der Waals surface area contributed by atoms with Crippen LogP contribution in [0.1, 0.15) is 0 Å². The van der Waals surface area contributed by atoms with Gasteiger partial charge in [-0.25, -0.2) is 14.3 Å². The maximum Gasteiger partial charge on any atom is 0.426 e. The summed E-state index contributed by atoms with van der Waals surface area (Å²) in [5.41, 5.74) is 1.26. The first-order valence-electron chi connectivity index (χ1n) is 4.24. The Kier molecular flexibility index (Phi) is 1.69. The molecule has 0 saturated carbocycles. The number of aromatic nitrogens is 3. The Morgan fingerprint density at radius 3 is 3.00 bits per heavy atom. The van der Waals surface area contributed by atoms with Crippen molar-refractivity contribution in [2.75, 3.05) is 0 Å². The molecule has 6 heteroatoms. The van der Waals surface area contributed by atoms with Crippen molar-refractivity contribution >= 4 is 22.6 Å². The third-order valence-corrected chi connectivity index (χ3v) is 2.68. The fourth-order valence-electron chi connectivity index (χ4n) is 1.41.